The van der Waals surface area contributed by atoms with Crippen molar-refractivity contribution in [3.05, 3.63) is 192 Å². The molecule has 322 valence electrons. The van der Waals surface area contributed by atoms with Crippen LogP contribution in [0.3, 0.4) is 0 Å². The van der Waals surface area contributed by atoms with E-state index in [-0.39, 0.29) is 43.2 Å². The number of imidazole rings is 1. The maximum absolute atomic E-state index is 12.0. The van der Waals surface area contributed by atoms with E-state index in [0.717, 1.165) is 66.8 Å². The molecule has 0 saturated carbocycles. The molecule has 9 rings (SSSR count). The van der Waals surface area contributed by atoms with E-state index in [4.69, 9.17) is 14.1 Å². The number of hydrogen-bond donors (Lipinski definition) is 1. The molecule has 0 bridgehead atoms. The molecular weight excluding hydrogens is 962 g/mol. The second kappa shape index (κ2) is 17.3. The minimum absolute atomic E-state index is 0. The van der Waals surface area contributed by atoms with Gasteiger partial charge in [0.2, 0.25) is 0 Å². The Morgan fingerprint density at radius 2 is 1.22 bits per heavy atom. The molecule has 1 N–H and O–H groups in total. The minimum Gasteiger partial charge on any atom is -0.507 e. The summed E-state index contributed by atoms with van der Waals surface area (Å²) in [4.78, 5) is 10.4. The fourth-order valence-corrected chi connectivity index (χ4v) is 8.56. The number of aromatic hydroxyl groups is 1. The molecule has 0 aliphatic rings. The zero-order chi connectivity index (χ0) is 46.7. The van der Waals surface area contributed by atoms with E-state index in [0.29, 0.717) is 33.7 Å². The fourth-order valence-electron chi connectivity index (χ4n) is 8.56. The Hall–Kier alpha value is -6.35. The van der Waals surface area contributed by atoms with Crippen LogP contribution in [0.1, 0.15) is 73.5 Å². The first-order valence-corrected chi connectivity index (χ1v) is 21.6. The van der Waals surface area contributed by atoms with Crippen molar-refractivity contribution in [1.29, 1.82) is 0 Å². The molecule has 2 aromatic heterocycles. The van der Waals surface area contributed by atoms with Crippen LogP contribution in [0.15, 0.2) is 158 Å². The molecule has 5 heteroatoms. The average Bonchev–Trinajstić information content (AvgIpc) is 3.69. The monoisotopic (exact) mass is 1020 g/mol. The number of phenolic OH excluding ortho intramolecular Hbond substituents is 1. The molecule has 4 nitrogen and oxygen atoms in total. The minimum atomic E-state index is -2.47. The molecule has 0 spiro atoms. The maximum Gasteiger partial charge on any atom is 0.148 e. The van der Waals surface area contributed by atoms with Crippen molar-refractivity contribution in [1.82, 2.24) is 14.5 Å². The van der Waals surface area contributed by atoms with Gasteiger partial charge in [-0.3, -0.25) is 9.55 Å². The number of rotatable bonds is 7. The summed E-state index contributed by atoms with van der Waals surface area (Å²) >= 11 is 0. The van der Waals surface area contributed by atoms with E-state index in [9.17, 15) is 5.11 Å². The largest absolute Gasteiger partial charge is 0.507 e. The summed E-state index contributed by atoms with van der Waals surface area (Å²) in [6.45, 7) is 14.6. The molecule has 64 heavy (non-hydrogen) atoms. The number of para-hydroxylation sites is 1. The molecule has 0 fully saturated rings. The summed E-state index contributed by atoms with van der Waals surface area (Å²) in [6.07, 6.45) is 1.85. The van der Waals surface area contributed by atoms with Gasteiger partial charge in [-0.05, 0) is 112 Å². The molecule has 9 aromatic rings. The topological polar surface area (TPSA) is 50.9 Å². The second-order valence-corrected chi connectivity index (χ2v) is 18.8. The van der Waals surface area contributed by atoms with E-state index in [2.05, 4.69) is 108 Å². The van der Waals surface area contributed by atoms with E-state index >= 15 is 0 Å². The van der Waals surface area contributed by atoms with Crippen LogP contribution >= 0.6 is 0 Å². The van der Waals surface area contributed by atoms with Gasteiger partial charge in [-0.15, -0.1) is 29.3 Å². The van der Waals surface area contributed by atoms with Crippen molar-refractivity contribution in [2.75, 3.05) is 0 Å². The van der Waals surface area contributed by atoms with Gasteiger partial charge in [0.25, 0.3) is 0 Å². The molecule has 2 heterocycles. The van der Waals surface area contributed by atoms with Crippen LogP contribution in [0.4, 0.5) is 0 Å². The SMILES string of the molecule is [2H]C([2H])([2H])c1cc(-n2c(-c3cc(C)cc(C)c3O)nc3c(-c4[c-]c(-c5cc(-c6ccccc6)ccn5)cc(C(C)(C)C)c4)cccc32)c(-c2ccc(C(C)(C)C)cc2)cc1-c1ccccc1.[Pt]. The summed E-state index contributed by atoms with van der Waals surface area (Å²) in [6, 6.07) is 54.7. The quantitative estimate of drug-likeness (QED) is 0.162. The number of fused-ring (bicyclic) bond motifs is 1. The van der Waals surface area contributed by atoms with E-state index in [1.165, 1.54) is 5.56 Å². The van der Waals surface area contributed by atoms with Crippen molar-refractivity contribution in [3.63, 3.8) is 0 Å². The third-order valence-electron chi connectivity index (χ3n) is 12.1. The maximum atomic E-state index is 12.0. The number of aryl methyl sites for hydroxylation is 3. The van der Waals surface area contributed by atoms with Gasteiger partial charge < -0.3 is 5.11 Å². The number of phenols is 1. The Morgan fingerprint density at radius 1 is 0.562 bits per heavy atom. The Balaban J connectivity index is 0.00000608. The molecule has 0 amide bonds. The normalized spacial score (nSPS) is 12.7. The predicted molar refractivity (Wildman–Crippen MR) is 264 cm³/mol. The number of nitrogens with zero attached hydrogens (tertiary/aromatic N) is 3. The summed E-state index contributed by atoms with van der Waals surface area (Å²) < 4.78 is 28.9. The average molecular weight is 1020 g/mol. The van der Waals surface area contributed by atoms with Crippen molar-refractivity contribution in [2.24, 2.45) is 0 Å². The molecule has 0 radical (unpaired) electrons. The van der Waals surface area contributed by atoms with Gasteiger partial charge in [0.15, 0.2) is 0 Å². The van der Waals surface area contributed by atoms with Crippen molar-refractivity contribution < 1.29 is 30.3 Å². The summed E-state index contributed by atoms with van der Waals surface area (Å²) in [5.41, 5.74) is 15.2. The molecule has 0 aliphatic carbocycles. The van der Waals surface area contributed by atoms with Gasteiger partial charge in [0.1, 0.15) is 11.6 Å². The number of hydrogen-bond acceptors (Lipinski definition) is 3. The second-order valence-electron chi connectivity index (χ2n) is 18.8. The van der Waals surface area contributed by atoms with Gasteiger partial charge >= 0.3 is 0 Å². The smallest absolute Gasteiger partial charge is 0.148 e. The number of benzene rings is 7. The van der Waals surface area contributed by atoms with Crippen LogP contribution in [0, 0.1) is 26.8 Å². The van der Waals surface area contributed by atoms with Gasteiger partial charge in [0, 0.05) is 42.6 Å². The van der Waals surface area contributed by atoms with Gasteiger partial charge in [-0.2, -0.15) is 0 Å². The van der Waals surface area contributed by atoms with Crippen molar-refractivity contribution >= 4 is 11.0 Å². The Labute approximate surface area is 397 Å². The zero-order valence-electron chi connectivity index (χ0n) is 40.6. The fraction of sp³-hybridized carbons (Fsp3) is 0.186. The van der Waals surface area contributed by atoms with Gasteiger partial charge in [-0.25, -0.2) is 4.98 Å². The van der Waals surface area contributed by atoms with Crippen LogP contribution in [0.5, 0.6) is 5.75 Å². The molecule has 0 unspecified atom stereocenters. The van der Waals surface area contributed by atoms with E-state index in [1.54, 1.807) is 0 Å². The summed E-state index contributed by atoms with van der Waals surface area (Å²) in [5.74, 6) is 0.599. The van der Waals surface area contributed by atoms with Crippen LogP contribution in [0.25, 0.3) is 83.9 Å². The number of pyridine rings is 1. The Kier molecular flexibility index (Phi) is 10.9. The van der Waals surface area contributed by atoms with Crippen LogP contribution < -0.4 is 0 Å². The molecule has 0 atom stereocenters. The molecule has 0 aliphatic heterocycles. The predicted octanol–water partition coefficient (Wildman–Crippen LogP) is 15.4. The molecule has 0 saturated heterocycles. The van der Waals surface area contributed by atoms with Crippen molar-refractivity contribution in [2.45, 2.75) is 73.1 Å². The Morgan fingerprint density at radius 3 is 1.89 bits per heavy atom. The first-order valence-electron chi connectivity index (χ1n) is 23.1. The van der Waals surface area contributed by atoms with Crippen LogP contribution in [0.2, 0.25) is 0 Å². The Bertz CT molecular complexity index is 3270. The van der Waals surface area contributed by atoms with Crippen LogP contribution in [-0.2, 0) is 31.9 Å². The van der Waals surface area contributed by atoms with Crippen molar-refractivity contribution in [3.8, 4) is 78.6 Å². The van der Waals surface area contributed by atoms with Gasteiger partial charge in [0.05, 0.1) is 22.3 Å². The third kappa shape index (κ3) is 8.52. The standard InChI is InChI=1S/C59H54N3O.Pt/c1-37-29-39(3)56(63)51(30-37)57-61-55-48(44-32-45(34-47(33-44)59(7,8)9)52-35-43(27-28-60-52)40-17-12-10-13-18-40)21-16-22-53(55)62(57)54-31-38(2)49(41-19-14-11-15-20-41)36-50(54)42-23-25-46(26-24-42)58(4,5)6;/h10-31,33-36,63H,1-9H3;/q-1;/i2D3;. The summed E-state index contributed by atoms with van der Waals surface area (Å²) in [7, 11) is 0. The molecular formula is C59H54N3OPt-. The first kappa shape index (κ1) is 40.4. The van der Waals surface area contributed by atoms with E-state index in [1.807, 2.05) is 116 Å². The van der Waals surface area contributed by atoms with E-state index < -0.39 is 6.85 Å². The molecule has 7 aromatic carbocycles. The summed E-state index contributed by atoms with van der Waals surface area (Å²) in [5, 5.41) is 12.0. The zero-order valence-corrected chi connectivity index (χ0v) is 39.9. The third-order valence-corrected chi connectivity index (χ3v) is 12.1. The van der Waals surface area contributed by atoms with Crippen LogP contribution in [-0.4, -0.2) is 19.6 Å². The number of aromatic nitrogens is 3. The van der Waals surface area contributed by atoms with Gasteiger partial charge in [-0.1, -0.05) is 162 Å². The first-order chi connectivity index (χ1) is 31.3.